The predicted octanol–water partition coefficient (Wildman–Crippen LogP) is 3.48. The van der Waals surface area contributed by atoms with Crippen molar-refractivity contribution in [2.24, 2.45) is 0 Å². The quantitative estimate of drug-likeness (QED) is 0.707. The molecular weight excluding hydrogens is 363 g/mol. The molecule has 1 aliphatic heterocycles. The Morgan fingerprint density at radius 2 is 2.19 bits per heavy atom. The lowest BCUT2D eigenvalue weighted by molar-refractivity contribution is 0.0951. The summed E-state index contributed by atoms with van der Waals surface area (Å²) in [7, 11) is 1.81. The third kappa shape index (κ3) is 3.52. The summed E-state index contributed by atoms with van der Waals surface area (Å²) in [6.45, 7) is 1.80. The average molecular weight is 384 g/mol. The first-order valence-corrected chi connectivity index (χ1v) is 9.88. The van der Waals surface area contributed by atoms with Gasteiger partial charge in [0.05, 0.1) is 10.6 Å². The smallest absolute Gasteiger partial charge is 0.290 e. The number of benzene rings is 1. The SMILES string of the molecule is CNc1c(Cc2ccc(F)cc2)c(C2CCNC2)nn1C(=O)c1cccs1. The Kier molecular flexibility index (Phi) is 5.05. The molecule has 1 aliphatic rings. The van der Waals surface area contributed by atoms with Crippen molar-refractivity contribution in [3.8, 4) is 0 Å². The van der Waals surface area contributed by atoms with E-state index in [0.717, 1.165) is 36.3 Å². The van der Waals surface area contributed by atoms with Gasteiger partial charge in [-0.15, -0.1) is 11.3 Å². The second-order valence-corrected chi connectivity index (χ2v) is 7.60. The molecule has 7 heteroatoms. The largest absolute Gasteiger partial charge is 0.373 e. The highest BCUT2D eigenvalue weighted by Crippen LogP contribution is 2.32. The first kappa shape index (κ1) is 17.9. The third-order valence-electron chi connectivity index (χ3n) is 4.92. The molecule has 1 saturated heterocycles. The van der Waals surface area contributed by atoms with Crippen molar-refractivity contribution in [1.82, 2.24) is 15.1 Å². The van der Waals surface area contributed by atoms with Gasteiger partial charge in [-0.3, -0.25) is 4.79 Å². The Morgan fingerprint density at radius 1 is 1.37 bits per heavy atom. The van der Waals surface area contributed by atoms with Gasteiger partial charge in [0.1, 0.15) is 11.6 Å². The molecule has 0 aliphatic carbocycles. The van der Waals surface area contributed by atoms with E-state index in [1.54, 1.807) is 19.2 Å². The minimum absolute atomic E-state index is 0.132. The number of thiophene rings is 1. The molecule has 2 N–H and O–H groups in total. The highest BCUT2D eigenvalue weighted by atomic mass is 32.1. The number of aromatic nitrogens is 2. The van der Waals surface area contributed by atoms with Gasteiger partial charge in [0, 0.05) is 31.5 Å². The fraction of sp³-hybridized carbons (Fsp3) is 0.300. The maximum Gasteiger partial charge on any atom is 0.290 e. The number of anilines is 1. The van der Waals surface area contributed by atoms with E-state index >= 15 is 0 Å². The molecular formula is C20H21FN4OS. The summed E-state index contributed by atoms with van der Waals surface area (Å²) in [5.41, 5.74) is 2.93. The van der Waals surface area contributed by atoms with E-state index in [9.17, 15) is 9.18 Å². The molecule has 5 nitrogen and oxygen atoms in total. The van der Waals surface area contributed by atoms with Crippen molar-refractivity contribution >= 4 is 23.1 Å². The van der Waals surface area contributed by atoms with Crippen LogP contribution in [0.1, 0.15) is 38.8 Å². The molecule has 0 spiro atoms. The zero-order valence-corrected chi connectivity index (χ0v) is 15.9. The highest BCUT2D eigenvalue weighted by molar-refractivity contribution is 7.12. The second-order valence-electron chi connectivity index (χ2n) is 6.65. The van der Waals surface area contributed by atoms with Gasteiger partial charge in [-0.25, -0.2) is 4.39 Å². The van der Waals surface area contributed by atoms with Gasteiger partial charge in [-0.2, -0.15) is 9.78 Å². The van der Waals surface area contributed by atoms with Gasteiger partial charge in [0.15, 0.2) is 0 Å². The normalized spacial score (nSPS) is 16.6. The lowest BCUT2D eigenvalue weighted by atomic mass is 9.96. The van der Waals surface area contributed by atoms with Crippen LogP contribution in [-0.4, -0.2) is 35.8 Å². The maximum atomic E-state index is 13.3. The molecule has 0 radical (unpaired) electrons. The first-order chi connectivity index (χ1) is 13.2. The number of carbonyl (C=O) groups excluding carboxylic acids is 1. The number of nitrogens with zero attached hydrogens (tertiary/aromatic N) is 2. The van der Waals surface area contributed by atoms with Crippen molar-refractivity contribution in [1.29, 1.82) is 0 Å². The Bertz CT molecular complexity index is 928. The van der Waals surface area contributed by atoms with Crippen molar-refractivity contribution in [2.45, 2.75) is 18.8 Å². The van der Waals surface area contributed by atoms with Gasteiger partial charge >= 0.3 is 0 Å². The molecule has 1 unspecified atom stereocenters. The molecule has 1 fully saturated rings. The monoisotopic (exact) mass is 384 g/mol. The minimum atomic E-state index is -0.253. The van der Waals surface area contributed by atoms with E-state index in [2.05, 4.69) is 10.6 Å². The third-order valence-corrected chi connectivity index (χ3v) is 5.77. The van der Waals surface area contributed by atoms with Gasteiger partial charge in [-0.05, 0) is 42.1 Å². The van der Waals surface area contributed by atoms with Crippen LogP contribution in [0.4, 0.5) is 10.2 Å². The zero-order valence-electron chi connectivity index (χ0n) is 15.0. The Hall–Kier alpha value is -2.51. The van der Waals surface area contributed by atoms with Gasteiger partial charge in [-0.1, -0.05) is 18.2 Å². The molecule has 4 rings (SSSR count). The second kappa shape index (κ2) is 7.62. The molecule has 3 heterocycles. The van der Waals surface area contributed by atoms with Crippen LogP contribution in [0, 0.1) is 5.82 Å². The van der Waals surface area contributed by atoms with Crippen molar-refractivity contribution in [3.05, 3.63) is 69.3 Å². The van der Waals surface area contributed by atoms with E-state index in [0.29, 0.717) is 17.1 Å². The molecule has 1 atom stereocenters. The fourth-order valence-corrected chi connectivity index (χ4v) is 4.22. The number of carbonyl (C=O) groups is 1. The summed E-state index contributed by atoms with van der Waals surface area (Å²) in [5, 5.41) is 13.2. The Morgan fingerprint density at radius 3 is 2.81 bits per heavy atom. The van der Waals surface area contributed by atoms with Crippen LogP contribution >= 0.6 is 11.3 Å². The summed E-state index contributed by atoms with van der Waals surface area (Å²) < 4.78 is 14.8. The molecule has 3 aromatic rings. The minimum Gasteiger partial charge on any atom is -0.373 e. The van der Waals surface area contributed by atoms with Crippen LogP contribution in [0.25, 0.3) is 0 Å². The molecule has 0 bridgehead atoms. The van der Waals surface area contributed by atoms with Crippen LogP contribution in [0.5, 0.6) is 0 Å². The maximum absolute atomic E-state index is 13.3. The first-order valence-electron chi connectivity index (χ1n) is 9.00. The standard InChI is InChI=1S/C20H21FN4OS/c1-22-19-16(11-13-4-6-15(21)7-5-13)18(14-8-9-23-12-14)24-25(19)20(26)17-3-2-10-27-17/h2-7,10,14,22-23H,8-9,11-12H2,1H3. The lowest BCUT2D eigenvalue weighted by Crippen LogP contribution is -2.15. The van der Waals surface area contributed by atoms with Crippen molar-refractivity contribution in [2.75, 3.05) is 25.5 Å². The van der Waals surface area contributed by atoms with Gasteiger partial charge in [0.25, 0.3) is 5.91 Å². The molecule has 0 saturated carbocycles. The van der Waals surface area contributed by atoms with E-state index in [4.69, 9.17) is 5.10 Å². The summed E-state index contributed by atoms with van der Waals surface area (Å²) in [5.74, 6) is 0.591. The van der Waals surface area contributed by atoms with Crippen LogP contribution in [0.2, 0.25) is 0 Å². The number of halogens is 1. The van der Waals surface area contributed by atoms with Crippen molar-refractivity contribution in [3.63, 3.8) is 0 Å². The lowest BCUT2D eigenvalue weighted by Gasteiger charge is -2.10. The summed E-state index contributed by atoms with van der Waals surface area (Å²) >= 11 is 1.41. The highest BCUT2D eigenvalue weighted by Gasteiger charge is 2.29. The summed E-state index contributed by atoms with van der Waals surface area (Å²) in [4.78, 5) is 13.6. The molecule has 140 valence electrons. The number of rotatable bonds is 5. The summed E-state index contributed by atoms with van der Waals surface area (Å²) in [6.07, 6.45) is 1.59. The number of hydrogen-bond donors (Lipinski definition) is 2. The molecule has 27 heavy (non-hydrogen) atoms. The van der Waals surface area contributed by atoms with E-state index in [-0.39, 0.29) is 17.6 Å². The van der Waals surface area contributed by atoms with E-state index in [1.807, 2.05) is 17.5 Å². The van der Waals surface area contributed by atoms with Crippen LogP contribution in [-0.2, 0) is 6.42 Å². The average Bonchev–Trinajstić information content (AvgIpc) is 3.43. The van der Waals surface area contributed by atoms with Crippen LogP contribution < -0.4 is 10.6 Å². The Balaban J connectivity index is 1.78. The number of nitrogens with one attached hydrogen (secondary N) is 2. The van der Waals surface area contributed by atoms with Crippen LogP contribution in [0.15, 0.2) is 41.8 Å². The van der Waals surface area contributed by atoms with Crippen molar-refractivity contribution < 1.29 is 9.18 Å². The van der Waals surface area contributed by atoms with Crippen LogP contribution in [0.3, 0.4) is 0 Å². The molecule has 0 amide bonds. The molecule has 1 aromatic carbocycles. The Labute approximate surface area is 161 Å². The zero-order chi connectivity index (χ0) is 18.8. The summed E-state index contributed by atoms with van der Waals surface area (Å²) in [6, 6.07) is 10.2. The van der Waals surface area contributed by atoms with E-state index in [1.165, 1.54) is 28.2 Å². The van der Waals surface area contributed by atoms with Gasteiger partial charge < -0.3 is 10.6 Å². The topological polar surface area (TPSA) is 59.0 Å². The molecule has 2 aromatic heterocycles. The fourth-order valence-electron chi connectivity index (χ4n) is 3.57. The predicted molar refractivity (Wildman–Crippen MR) is 105 cm³/mol. The number of hydrogen-bond acceptors (Lipinski definition) is 5. The van der Waals surface area contributed by atoms with Gasteiger partial charge in [0.2, 0.25) is 0 Å². The van der Waals surface area contributed by atoms with E-state index < -0.39 is 0 Å².